The van der Waals surface area contributed by atoms with Crippen LogP contribution in [0.15, 0.2) is 47.4 Å². The molecule has 178 valence electrons. The van der Waals surface area contributed by atoms with Crippen molar-refractivity contribution in [3.63, 3.8) is 0 Å². The number of rotatable bonds is 3. The topological polar surface area (TPSA) is 123 Å². The summed E-state index contributed by atoms with van der Waals surface area (Å²) in [6.07, 6.45) is -1.05. The quantitative estimate of drug-likeness (QED) is 0.375. The molecular formula is C20H13ClF3N9O2. The SMILES string of the molecule is O=C(c1nnc(-c2cnn(C(F)(F)F)c2)o1)N1CCc2[nH]cnc2C1c1cc2cccc(Cl)n2n1. The van der Waals surface area contributed by atoms with Gasteiger partial charge in [-0.05, 0) is 18.2 Å². The molecule has 1 unspecified atom stereocenters. The fourth-order valence-electron chi connectivity index (χ4n) is 4.05. The molecule has 5 aromatic rings. The molecule has 0 bridgehead atoms. The van der Waals surface area contributed by atoms with Crippen molar-refractivity contribution in [3.05, 3.63) is 71.1 Å². The summed E-state index contributed by atoms with van der Waals surface area (Å²) >= 11 is 6.26. The number of alkyl halides is 3. The number of halogens is 4. The number of fused-ring (bicyclic) bond motifs is 2. The lowest BCUT2D eigenvalue weighted by atomic mass is 9.99. The maximum atomic E-state index is 13.4. The smallest absolute Gasteiger partial charge is 0.412 e. The number of carbonyl (C=O) groups is 1. The van der Waals surface area contributed by atoms with Gasteiger partial charge in [-0.1, -0.05) is 17.7 Å². The van der Waals surface area contributed by atoms with Gasteiger partial charge < -0.3 is 14.3 Å². The lowest BCUT2D eigenvalue weighted by Crippen LogP contribution is -2.41. The van der Waals surface area contributed by atoms with Crippen molar-refractivity contribution in [3.8, 4) is 11.5 Å². The third kappa shape index (κ3) is 3.53. The van der Waals surface area contributed by atoms with Gasteiger partial charge >= 0.3 is 18.1 Å². The highest BCUT2D eigenvalue weighted by atomic mass is 35.5. The van der Waals surface area contributed by atoms with E-state index in [4.69, 9.17) is 16.0 Å². The molecule has 0 aromatic carbocycles. The average Bonchev–Trinajstić information content (AvgIpc) is 3.62. The van der Waals surface area contributed by atoms with Gasteiger partial charge in [-0.3, -0.25) is 4.79 Å². The number of nitrogens with zero attached hydrogens (tertiary/aromatic N) is 8. The number of pyridine rings is 1. The summed E-state index contributed by atoms with van der Waals surface area (Å²) in [7, 11) is 0. The van der Waals surface area contributed by atoms with Crippen LogP contribution in [0.3, 0.4) is 0 Å². The van der Waals surface area contributed by atoms with E-state index in [-0.39, 0.29) is 28.6 Å². The molecule has 1 aliphatic heterocycles. The zero-order valence-corrected chi connectivity index (χ0v) is 18.2. The van der Waals surface area contributed by atoms with Gasteiger partial charge in [0.2, 0.25) is 0 Å². The van der Waals surface area contributed by atoms with Gasteiger partial charge in [-0.25, -0.2) is 9.50 Å². The Morgan fingerprint density at radius 1 is 1.26 bits per heavy atom. The van der Waals surface area contributed by atoms with E-state index >= 15 is 0 Å². The Labute approximate surface area is 198 Å². The number of hydrogen-bond acceptors (Lipinski definition) is 7. The van der Waals surface area contributed by atoms with Crippen molar-refractivity contribution in [2.24, 2.45) is 0 Å². The number of carbonyl (C=O) groups excluding carboxylic acids is 1. The Balaban J connectivity index is 1.37. The van der Waals surface area contributed by atoms with Crippen molar-refractivity contribution in [1.29, 1.82) is 0 Å². The minimum atomic E-state index is -4.70. The maximum Gasteiger partial charge on any atom is 0.504 e. The van der Waals surface area contributed by atoms with E-state index < -0.39 is 18.2 Å². The van der Waals surface area contributed by atoms with Gasteiger partial charge in [0.25, 0.3) is 5.89 Å². The summed E-state index contributed by atoms with van der Waals surface area (Å²) in [6, 6.07) is 6.42. The van der Waals surface area contributed by atoms with E-state index in [2.05, 4.69) is 30.4 Å². The molecule has 0 aliphatic carbocycles. The summed E-state index contributed by atoms with van der Waals surface area (Å²) in [5, 5.41) is 15.7. The third-order valence-corrected chi connectivity index (χ3v) is 5.91. The number of H-pyrrole nitrogens is 1. The molecular weight excluding hydrogens is 491 g/mol. The first-order valence-corrected chi connectivity index (χ1v) is 10.6. The highest BCUT2D eigenvalue weighted by Crippen LogP contribution is 2.35. The first-order chi connectivity index (χ1) is 16.8. The average molecular weight is 504 g/mol. The molecule has 15 heteroatoms. The molecule has 6 rings (SSSR count). The third-order valence-electron chi connectivity index (χ3n) is 5.62. The Kier molecular flexibility index (Phi) is 4.67. The standard InChI is InChI=1S/C20H13ClF3N9O2/c21-14-3-1-2-11-6-13(30-33(11)14)16-15-12(25-9-26-15)4-5-31(16)19(34)18-29-28-17(35-18)10-7-27-32(8-10)20(22,23)24/h1-3,6-9,16H,4-5H2,(H,25,26). The van der Waals surface area contributed by atoms with Crippen LogP contribution >= 0.6 is 11.6 Å². The number of amides is 1. The first-order valence-electron chi connectivity index (χ1n) is 10.2. The first kappa shape index (κ1) is 21.3. The van der Waals surface area contributed by atoms with Crippen LogP contribution in [-0.4, -0.2) is 56.9 Å². The molecule has 1 atom stereocenters. The monoisotopic (exact) mass is 503 g/mol. The predicted molar refractivity (Wildman–Crippen MR) is 112 cm³/mol. The van der Waals surface area contributed by atoms with Crippen LogP contribution in [0.1, 0.15) is 33.8 Å². The van der Waals surface area contributed by atoms with E-state index in [1.165, 1.54) is 11.2 Å². The number of aromatic amines is 1. The molecule has 11 nitrogen and oxygen atoms in total. The second-order valence-corrected chi connectivity index (χ2v) is 8.11. The van der Waals surface area contributed by atoms with E-state index in [0.717, 1.165) is 17.4 Å². The number of aromatic nitrogens is 8. The van der Waals surface area contributed by atoms with Crippen LogP contribution in [0.2, 0.25) is 5.15 Å². The number of nitrogens with one attached hydrogen (secondary N) is 1. The summed E-state index contributed by atoms with van der Waals surface area (Å²) in [4.78, 5) is 22.4. The fraction of sp³-hybridized carbons (Fsp3) is 0.200. The number of hydrogen-bond donors (Lipinski definition) is 1. The normalized spacial score (nSPS) is 16.1. The lowest BCUT2D eigenvalue weighted by Gasteiger charge is -2.32. The zero-order valence-electron chi connectivity index (χ0n) is 17.4. The summed E-state index contributed by atoms with van der Waals surface area (Å²) < 4.78 is 45.3. The molecule has 35 heavy (non-hydrogen) atoms. The van der Waals surface area contributed by atoms with Gasteiger partial charge in [-0.15, -0.1) is 23.4 Å². The Morgan fingerprint density at radius 3 is 2.89 bits per heavy atom. The van der Waals surface area contributed by atoms with Gasteiger partial charge in [-0.2, -0.15) is 14.9 Å². The Bertz CT molecular complexity index is 1570. The number of imidazole rings is 1. The van der Waals surface area contributed by atoms with Crippen molar-refractivity contribution in [2.75, 3.05) is 6.54 Å². The van der Waals surface area contributed by atoms with Crippen LogP contribution < -0.4 is 0 Å². The summed E-state index contributed by atoms with van der Waals surface area (Å²) in [5.41, 5.74) is 2.63. The van der Waals surface area contributed by atoms with Crippen molar-refractivity contribution < 1.29 is 22.4 Å². The van der Waals surface area contributed by atoms with Crippen LogP contribution in [0, 0.1) is 0 Å². The highest BCUT2D eigenvalue weighted by molar-refractivity contribution is 6.29. The van der Waals surface area contributed by atoms with Crippen LogP contribution in [0.4, 0.5) is 13.2 Å². The second-order valence-electron chi connectivity index (χ2n) is 7.73. The Morgan fingerprint density at radius 2 is 2.11 bits per heavy atom. The molecule has 1 amide bonds. The van der Waals surface area contributed by atoms with Crippen molar-refractivity contribution in [1.82, 2.24) is 44.5 Å². The molecule has 0 fully saturated rings. The lowest BCUT2D eigenvalue weighted by molar-refractivity contribution is -0.212. The molecule has 1 N–H and O–H groups in total. The highest BCUT2D eigenvalue weighted by Gasteiger charge is 2.38. The van der Waals surface area contributed by atoms with Gasteiger partial charge in [0.15, 0.2) is 0 Å². The minimum absolute atomic E-state index is 0.0753. The molecule has 6 heterocycles. The molecule has 0 saturated carbocycles. The van der Waals surface area contributed by atoms with Gasteiger partial charge in [0, 0.05) is 24.9 Å². The van der Waals surface area contributed by atoms with E-state index in [9.17, 15) is 18.0 Å². The fourth-order valence-corrected chi connectivity index (χ4v) is 4.26. The van der Waals surface area contributed by atoms with Crippen LogP contribution in [0.25, 0.3) is 17.0 Å². The molecule has 1 aliphatic rings. The maximum absolute atomic E-state index is 13.4. The predicted octanol–water partition coefficient (Wildman–Crippen LogP) is 3.22. The van der Waals surface area contributed by atoms with E-state index in [1.54, 1.807) is 22.7 Å². The van der Waals surface area contributed by atoms with Crippen LogP contribution in [-0.2, 0) is 12.7 Å². The Hall–Kier alpha value is -4.20. The van der Waals surface area contributed by atoms with Crippen LogP contribution in [0.5, 0.6) is 0 Å². The van der Waals surface area contributed by atoms with E-state index in [1.807, 2.05) is 6.07 Å². The largest absolute Gasteiger partial charge is 0.504 e. The molecule has 0 saturated heterocycles. The van der Waals surface area contributed by atoms with E-state index in [0.29, 0.717) is 29.2 Å². The summed E-state index contributed by atoms with van der Waals surface area (Å²) in [5.74, 6) is -1.27. The van der Waals surface area contributed by atoms with Gasteiger partial charge in [0.05, 0.1) is 35.0 Å². The molecule has 5 aromatic heterocycles. The van der Waals surface area contributed by atoms with Crippen molar-refractivity contribution >= 4 is 23.0 Å². The van der Waals surface area contributed by atoms with Crippen molar-refractivity contribution in [2.45, 2.75) is 18.8 Å². The van der Waals surface area contributed by atoms with Gasteiger partial charge in [0.1, 0.15) is 11.2 Å². The second kappa shape index (κ2) is 7.66. The molecule has 0 spiro atoms. The summed E-state index contributed by atoms with van der Waals surface area (Å²) in [6.45, 7) is 0.282. The molecule has 0 radical (unpaired) electrons. The minimum Gasteiger partial charge on any atom is -0.412 e. The zero-order chi connectivity index (χ0) is 24.3.